The van der Waals surface area contributed by atoms with Crippen molar-refractivity contribution in [3.8, 4) is 33.8 Å². The first-order valence-electron chi connectivity index (χ1n) is 7.61. The molecule has 0 spiro atoms. The molecule has 26 heavy (non-hydrogen) atoms. The van der Waals surface area contributed by atoms with Crippen molar-refractivity contribution in [2.24, 2.45) is 0 Å². The lowest BCUT2D eigenvalue weighted by Gasteiger charge is -2.14. The summed E-state index contributed by atoms with van der Waals surface area (Å²) in [5, 5.41) is 38.6. The third-order valence-corrected chi connectivity index (χ3v) is 4.00. The Bertz CT molecular complexity index is 1010. The van der Waals surface area contributed by atoms with Gasteiger partial charge >= 0.3 is 11.9 Å². The smallest absolute Gasteiger partial charge is 0.335 e. The first kappa shape index (κ1) is 17.0. The molecule has 3 rings (SSSR count). The lowest BCUT2D eigenvalue weighted by molar-refractivity contribution is 0.0686. The van der Waals surface area contributed by atoms with E-state index in [0.717, 1.165) is 6.07 Å². The van der Waals surface area contributed by atoms with Crippen LogP contribution in [-0.4, -0.2) is 32.4 Å². The van der Waals surface area contributed by atoms with Gasteiger partial charge in [-0.2, -0.15) is 0 Å². The first-order valence-corrected chi connectivity index (χ1v) is 7.61. The van der Waals surface area contributed by atoms with Crippen LogP contribution in [0.3, 0.4) is 0 Å². The average Bonchev–Trinajstić information content (AvgIpc) is 2.61. The Balaban J connectivity index is 2.17. The van der Waals surface area contributed by atoms with Crippen LogP contribution in [0.15, 0.2) is 60.7 Å². The van der Waals surface area contributed by atoms with E-state index in [0.29, 0.717) is 22.3 Å². The molecule has 0 heterocycles. The van der Waals surface area contributed by atoms with E-state index in [1.165, 1.54) is 30.3 Å². The molecule has 4 N–H and O–H groups in total. The predicted molar refractivity (Wildman–Crippen MR) is 94.6 cm³/mol. The van der Waals surface area contributed by atoms with Crippen LogP contribution in [0.25, 0.3) is 22.3 Å². The molecule has 3 aromatic carbocycles. The second kappa shape index (κ2) is 6.60. The lowest BCUT2D eigenvalue weighted by atomic mass is 9.92. The van der Waals surface area contributed by atoms with E-state index >= 15 is 0 Å². The van der Waals surface area contributed by atoms with Gasteiger partial charge in [-0.1, -0.05) is 24.3 Å². The van der Waals surface area contributed by atoms with Crippen LogP contribution in [0.2, 0.25) is 0 Å². The van der Waals surface area contributed by atoms with Crippen LogP contribution < -0.4 is 0 Å². The highest BCUT2D eigenvalue weighted by Crippen LogP contribution is 2.41. The minimum absolute atomic E-state index is 0.0488. The lowest BCUT2D eigenvalue weighted by Crippen LogP contribution is -1.97. The van der Waals surface area contributed by atoms with Gasteiger partial charge in [-0.25, -0.2) is 9.59 Å². The Morgan fingerprint density at radius 2 is 1.27 bits per heavy atom. The number of carbonyl (C=O) groups is 2. The number of hydrogen-bond acceptors (Lipinski definition) is 4. The number of phenols is 2. The van der Waals surface area contributed by atoms with Crippen molar-refractivity contribution in [3.63, 3.8) is 0 Å². The summed E-state index contributed by atoms with van der Waals surface area (Å²) in [6.45, 7) is 0. The van der Waals surface area contributed by atoms with Crippen molar-refractivity contribution >= 4 is 11.9 Å². The molecule has 0 aliphatic rings. The van der Waals surface area contributed by atoms with E-state index in [9.17, 15) is 19.8 Å². The van der Waals surface area contributed by atoms with Crippen molar-refractivity contribution in [1.29, 1.82) is 0 Å². The van der Waals surface area contributed by atoms with E-state index in [2.05, 4.69) is 0 Å². The monoisotopic (exact) mass is 350 g/mol. The molecule has 0 amide bonds. The zero-order valence-corrected chi connectivity index (χ0v) is 13.4. The van der Waals surface area contributed by atoms with E-state index in [1.807, 2.05) is 0 Å². The molecule has 6 nitrogen and oxygen atoms in total. The molecule has 0 aromatic heterocycles. The summed E-state index contributed by atoms with van der Waals surface area (Å²) in [4.78, 5) is 22.0. The summed E-state index contributed by atoms with van der Waals surface area (Å²) in [6, 6.07) is 14.7. The van der Waals surface area contributed by atoms with E-state index in [4.69, 9.17) is 10.2 Å². The summed E-state index contributed by atoms with van der Waals surface area (Å²) >= 11 is 0. The van der Waals surface area contributed by atoms with Crippen LogP contribution >= 0.6 is 0 Å². The molecule has 130 valence electrons. The molecule has 0 unspecified atom stereocenters. The summed E-state index contributed by atoms with van der Waals surface area (Å²) in [7, 11) is 0. The average molecular weight is 350 g/mol. The van der Waals surface area contributed by atoms with Crippen molar-refractivity contribution in [1.82, 2.24) is 0 Å². The molecule has 6 heteroatoms. The van der Waals surface area contributed by atoms with Crippen LogP contribution in [-0.2, 0) is 0 Å². The Morgan fingerprint density at radius 3 is 1.85 bits per heavy atom. The Morgan fingerprint density at radius 1 is 0.654 bits per heavy atom. The Kier molecular flexibility index (Phi) is 4.33. The molecule has 0 aliphatic heterocycles. The number of benzene rings is 3. The number of aromatic carboxylic acids is 2. The van der Waals surface area contributed by atoms with Gasteiger partial charge in [0.05, 0.1) is 11.1 Å². The fourth-order valence-corrected chi connectivity index (χ4v) is 2.74. The highest BCUT2D eigenvalue weighted by molar-refractivity contribution is 5.94. The van der Waals surface area contributed by atoms with Crippen LogP contribution in [0.5, 0.6) is 11.5 Å². The molecular formula is C20H14O6. The zero-order valence-electron chi connectivity index (χ0n) is 13.4. The number of carboxylic acids is 2. The molecule has 0 saturated heterocycles. The van der Waals surface area contributed by atoms with Gasteiger partial charge in [-0.05, 0) is 47.5 Å². The summed E-state index contributed by atoms with van der Waals surface area (Å²) in [5.41, 5.74) is 1.86. The molecule has 3 aromatic rings. The van der Waals surface area contributed by atoms with Gasteiger partial charge in [0.25, 0.3) is 0 Å². The SMILES string of the molecule is O=C(O)c1ccc(-c2c(O)cccc2-c2ccc(C(=O)O)cc2O)cc1. The van der Waals surface area contributed by atoms with E-state index in [-0.39, 0.29) is 22.6 Å². The van der Waals surface area contributed by atoms with Crippen molar-refractivity contribution in [2.45, 2.75) is 0 Å². The third-order valence-electron chi connectivity index (χ3n) is 4.00. The van der Waals surface area contributed by atoms with Crippen LogP contribution in [0.1, 0.15) is 20.7 Å². The molecule has 0 fully saturated rings. The van der Waals surface area contributed by atoms with Gasteiger partial charge < -0.3 is 20.4 Å². The van der Waals surface area contributed by atoms with Gasteiger partial charge in [0, 0.05) is 11.1 Å². The van der Waals surface area contributed by atoms with Crippen molar-refractivity contribution in [3.05, 3.63) is 71.8 Å². The van der Waals surface area contributed by atoms with Gasteiger partial charge in [0.15, 0.2) is 0 Å². The quantitative estimate of drug-likeness (QED) is 0.568. The highest BCUT2D eigenvalue weighted by atomic mass is 16.4. The normalized spacial score (nSPS) is 10.5. The highest BCUT2D eigenvalue weighted by Gasteiger charge is 2.16. The summed E-state index contributed by atoms with van der Waals surface area (Å²) < 4.78 is 0. The molecule has 0 radical (unpaired) electrons. The van der Waals surface area contributed by atoms with Gasteiger partial charge in [0.2, 0.25) is 0 Å². The summed E-state index contributed by atoms with van der Waals surface area (Å²) in [6.07, 6.45) is 0. The van der Waals surface area contributed by atoms with Crippen LogP contribution in [0, 0.1) is 0 Å². The molecule has 0 bridgehead atoms. The summed E-state index contributed by atoms with van der Waals surface area (Å²) in [5.74, 6) is -2.51. The molecule has 0 aliphatic carbocycles. The van der Waals surface area contributed by atoms with Gasteiger partial charge in [0.1, 0.15) is 11.5 Å². The van der Waals surface area contributed by atoms with Gasteiger partial charge in [-0.15, -0.1) is 0 Å². The topological polar surface area (TPSA) is 115 Å². The fourth-order valence-electron chi connectivity index (χ4n) is 2.74. The predicted octanol–water partition coefficient (Wildman–Crippen LogP) is 3.83. The van der Waals surface area contributed by atoms with E-state index in [1.54, 1.807) is 24.3 Å². The molecular weight excluding hydrogens is 336 g/mol. The van der Waals surface area contributed by atoms with Crippen LogP contribution in [0.4, 0.5) is 0 Å². The maximum atomic E-state index is 11.0. The van der Waals surface area contributed by atoms with Gasteiger partial charge in [-0.3, -0.25) is 0 Å². The van der Waals surface area contributed by atoms with Crippen molar-refractivity contribution in [2.75, 3.05) is 0 Å². The maximum Gasteiger partial charge on any atom is 0.335 e. The third kappa shape index (κ3) is 3.08. The largest absolute Gasteiger partial charge is 0.507 e. The number of rotatable bonds is 4. The second-order valence-corrected chi connectivity index (χ2v) is 5.62. The number of carboxylic acid groups (broad SMARTS) is 2. The standard InChI is InChI=1S/C20H14O6/c21-16-3-1-2-15(14-9-8-13(20(25)26)10-17(14)22)18(16)11-4-6-12(7-5-11)19(23)24/h1-10,21-22H,(H,23,24)(H,25,26). The first-order chi connectivity index (χ1) is 12.4. The van der Waals surface area contributed by atoms with Crippen molar-refractivity contribution < 1.29 is 30.0 Å². The zero-order chi connectivity index (χ0) is 18.8. The molecule has 0 saturated carbocycles. The second-order valence-electron chi connectivity index (χ2n) is 5.62. The minimum Gasteiger partial charge on any atom is -0.507 e. The fraction of sp³-hybridized carbons (Fsp3) is 0. The Labute approximate surface area is 148 Å². The molecule has 0 atom stereocenters. The number of phenolic OH excluding ortho intramolecular Hbond substituents is 2. The minimum atomic E-state index is -1.16. The van der Waals surface area contributed by atoms with E-state index < -0.39 is 11.9 Å². The Hall–Kier alpha value is -3.80. The number of hydrogen-bond donors (Lipinski definition) is 4. The maximum absolute atomic E-state index is 11.0. The number of aromatic hydroxyl groups is 2.